The van der Waals surface area contributed by atoms with Gasteiger partial charge < -0.3 is 14.5 Å². The molecule has 30 heavy (non-hydrogen) atoms. The Hall–Kier alpha value is -3.23. The number of aromatic nitrogens is 1. The Labute approximate surface area is 172 Å². The average molecular weight is 416 g/mol. The Morgan fingerprint density at radius 2 is 1.97 bits per heavy atom. The van der Waals surface area contributed by atoms with E-state index in [1.54, 1.807) is 44.4 Å². The average Bonchev–Trinajstić information content (AvgIpc) is 2.67. The number of amides is 3. The van der Waals surface area contributed by atoms with Crippen LogP contribution in [0.15, 0.2) is 36.5 Å². The highest BCUT2D eigenvalue weighted by molar-refractivity contribution is 5.98. The standard InChI is InChI=1S/C21H22F2N4O3/c1-12-9-14(6-7-15(12)17-13(2)18(28)25-20(29)26(17)3)30-19-16(5-4-8-24-19)27-10-21(22,23)11-27/h4-9,13,17H,10-11H2,1-3H3,(H,25,28,29). The summed E-state index contributed by atoms with van der Waals surface area (Å²) in [6, 6.07) is 7.87. The third-order valence-electron chi connectivity index (χ3n) is 5.57. The SMILES string of the molecule is Cc1cc(Oc2ncccc2N2CC(F)(F)C2)ccc1C1C(C)C(=O)NC(=O)N1C. The molecular formula is C21H22F2N4O3. The van der Waals surface area contributed by atoms with E-state index < -0.39 is 23.9 Å². The highest BCUT2D eigenvalue weighted by atomic mass is 19.3. The number of hydrogen-bond acceptors (Lipinski definition) is 5. The zero-order chi connectivity index (χ0) is 21.6. The number of rotatable bonds is 4. The van der Waals surface area contributed by atoms with Gasteiger partial charge in [-0.3, -0.25) is 10.1 Å². The van der Waals surface area contributed by atoms with Crippen molar-refractivity contribution in [3.8, 4) is 11.6 Å². The highest BCUT2D eigenvalue weighted by Gasteiger charge is 2.45. The Balaban J connectivity index is 1.58. The van der Waals surface area contributed by atoms with Crippen molar-refractivity contribution < 1.29 is 23.1 Å². The number of anilines is 1. The van der Waals surface area contributed by atoms with E-state index in [9.17, 15) is 18.4 Å². The number of hydrogen-bond donors (Lipinski definition) is 1. The molecular weight excluding hydrogens is 394 g/mol. The number of pyridine rings is 1. The van der Waals surface area contributed by atoms with Crippen molar-refractivity contribution in [2.24, 2.45) is 5.92 Å². The summed E-state index contributed by atoms with van der Waals surface area (Å²) in [7, 11) is 1.65. The minimum atomic E-state index is -2.70. The van der Waals surface area contributed by atoms with Crippen LogP contribution in [0.2, 0.25) is 0 Å². The van der Waals surface area contributed by atoms with Gasteiger partial charge in [0.15, 0.2) is 0 Å². The van der Waals surface area contributed by atoms with Gasteiger partial charge in [-0.1, -0.05) is 13.0 Å². The molecule has 0 spiro atoms. The van der Waals surface area contributed by atoms with Crippen molar-refractivity contribution >= 4 is 17.6 Å². The summed E-state index contributed by atoms with van der Waals surface area (Å²) in [6.07, 6.45) is 1.54. The fourth-order valence-electron chi connectivity index (χ4n) is 3.93. The lowest BCUT2D eigenvalue weighted by atomic mass is 9.88. The molecule has 7 nitrogen and oxygen atoms in total. The minimum absolute atomic E-state index is 0.248. The molecule has 1 N–H and O–H groups in total. The van der Waals surface area contributed by atoms with Crippen LogP contribution in [0.5, 0.6) is 11.6 Å². The normalized spacial score (nSPS) is 23.1. The van der Waals surface area contributed by atoms with Crippen LogP contribution >= 0.6 is 0 Å². The Bertz CT molecular complexity index is 985. The van der Waals surface area contributed by atoms with E-state index in [-0.39, 0.29) is 24.9 Å². The Kier molecular flexibility index (Phi) is 4.83. The van der Waals surface area contributed by atoms with Crippen LogP contribution in [0.4, 0.5) is 19.3 Å². The van der Waals surface area contributed by atoms with Crippen LogP contribution in [0.25, 0.3) is 0 Å². The monoisotopic (exact) mass is 416 g/mol. The number of imide groups is 1. The van der Waals surface area contributed by atoms with Crippen molar-refractivity contribution in [1.82, 2.24) is 15.2 Å². The van der Waals surface area contributed by atoms with Gasteiger partial charge in [0.1, 0.15) is 11.4 Å². The van der Waals surface area contributed by atoms with E-state index >= 15 is 0 Å². The molecule has 1 aromatic carbocycles. The van der Waals surface area contributed by atoms with Crippen molar-refractivity contribution in [1.29, 1.82) is 0 Å². The number of urea groups is 1. The highest BCUT2D eigenvalue weighted by Crippen LogP contribution is 2.39. The summed E-state index contributed by atoms with van der Waals surface area (Å²) >= 11 is 0. The fraction of sp³-hybridized carbons (Fsp3) is 0.381. The van der Waals surface area contributed by atoms with Gasteiger partial charge >= 0.3 is 6.03 Å². The van der Waals surface area contributed by atoms with E-state index in [1.807, 2.05) is 13.0 Å². The maximum Gasteiger partial charge on any atom is 0.324 e. The Morgan fingerprint density at radius 1 is 1.23 bits per heavy atom. The number of benzene rings is 1. The number of carbonyl (C=O) groups excluding carboxylic acids is 2. The van der Waals surface area contributed by atoms with E-state index in [1.165, 1.54) is 9.80 Å². The number of nitrogens with zero attached hydrogens (tertiary/aromatic N) is 3. The molecule has 4 rings (SSSR count). The zero-order valence-corrected chi connectivity index (χ0v) is 16.9. The molecule has 3 amide bonds. The summed E-state index contributed by atoms with van der Waals surface area (Å²) in [4.78, 5) is 31.3. The molecule has 1 aromatic heterocycles. The second kappa shape index (κ2) is 7.23. The predicted molar refractivity (Wildman–Crippen MR) is 106 cm³/mol. The van der Waals surface area contributed by atoms with Crippen molar-refractivity contribution in [2.75, 3.05) is 25.0 Å². The lowest BCUT2D eigenvalue weighted by Crippen LogP contribution is -2.56. The molecule has 2 atom stereocenters. The van der Waals surface area contributed by atoms with E-state index in [0.29, 0.717) is 11.4 Å². The maximum atomic E-state index is 13.3. The molecule has 2 aliphatic rings. The van der Waals surface area contributed by atoms with Crippen molar-refractivity contribution in [2.45, 2.75) is 25.8 Å². The molecule has 0 radical (unpaired) electrons. The molecule has 2 fully saturated rings. The van der Waals surface area contributed by atoms with Gasteiger partial charge in [0.05, 0.1) is 25.0 Å². The number of aryl methyl sites for hydroxylation is 1. The van der Waals surface area contributed by atoms with Crippen LogP contribution < -0.4 is 15.0 Å². The quantitative estimate of drug-likeness (QED) is 0.826. The summed E-state index contributed by atoms with van der Waals surface area (Å²) < 4.78 is 32.4. The van der Waals surface area contributed by atoms with Gasteiger partial charge in [0.2, 0.25) is 11.8 Å². The first-order valence-electron chi connectivity index (χ1n) is 9.60. The predicted octanol–water partition coefficient (Wildman–Crippen LogP) is 3.50. The summed E-state index contributed by atoms with van der Waals surface area (Å²) in [6.45, 7) is 2.91. The van der Waals surface area contributed by atoms with E-state index in [2.05, 4.69) is 10.3 Å². The summed E-state index contributed by atoms with van der Waals surface area (Å²) in [5.74, 6) is -2.68. The van der Waals surface area contributed by atoms with Crippen LogP contribution in [-0.4, -0.2) is 47.9 Å². The number of halogens is 2. The van der Waals surface area contributed by atoms with Crippen LogP contribution in [0, 0.1) is 12.8 Å². The van der Waals surface area contributed by atoms with Gasteiger partial charge in [-0.2, -0.15) is 0 Å². The second-order valence-corrected chi connectivity index (χ2v) is 7.80. The molecule has 2 aliphatic heterocycles. The van der Waals surface area contributed by atoms with Gasteiger partial charge in [-0.25, -0.2) is 18.6 Å². The third-order valence-corrected chi connectivity index (χ3v) is 5.57. The lowest BCUT2D eigenvalue weighted by Gasteiger charge is -2.40. The van der Waals surface area contributed by atoms with E-state index in [0.717, 1.165) is 11.1 Å². The fourth-order valence-corrected chi connectivity index (χ4v) is 3.93. The first kappa shape index (κ1) is 20.1. The molecule has 0 saturated carbocycles. The molecule has 0 bridgehead atoms. The molecule has 0 aliphatic carbocycles. The van der Waals surface area contributed by atoms with E-state index in [4.69, 9.17) is 4.74 Å². The smallest absolute Gasteiger partial charge is 0.324 e. The molecule has 3 heterocycles. The molecule has 158 valence electrons. The second-order valence-electron chi connectivity index (χ2n) is 7.80. The number of nitrogens with one attached hydrogen (secondary N) is 1. The molecule has 2 saturated heterocycles. The first-order valence-corrected chi connectivity index (χ1v) is 9.60. The third kappa shape index (κ3) is 3.55. The minimum Gasteiger partial charge on any atom is -0.437 e. The summed E-state index contributed by atoms with van der Waals surface area (Å²) in [5, 5.41) is 2.33. The lowest BCUT2D eigenvalue weighted by molar-refractivity contribution is -0.127. The van der Waals surface area contributed by atoms with Crippen molar-refractivity contribution in [3.05, 3.63) is 47.7 Å². The van der Waals surface area contributed by atoms with Crippen LogP contribution in [-0.2, 0) is 4.79 Å². The van der Waals surface area contributed by atoms with Gasteiger partial charge in [0, 0.05) is 13.2 Å². The first-order chi connectivity index (χ1) is 14.2. The Morgan fingerprint density at radius 3 is 2.63 bits per heavy atom. The molecule has 2 unspecified atom stereocenters. The van der Waals surface area contributed by atoms with Crippen LogP contribution in [0.3, 0.4) is 0 Å². The zero-order valence-electron chi connectivity index (χ0n) is 16.9. The largest absolute Gasteiger partial charge is 0.437 e. The number of ether oxygens (including phenoxy) is 1. The van der Waals surface area contributed by atoms with Crippen LogP contribution in [0.1, 0.15) is 24.1 Å². The van der Waals surface area contributed by atoms with Crippen molar-refractivity contribution in [3.63, 3.8) is 0 Å². The number of alkyl halides is 2. The molecule has 2 aromatic rings. The van der Waals surface area contributed by atoms with Gasteiger partial charge in [-0.05, 0) is 42.3 Å². The number of carbonyl (C=O) groups is 2. The van der Waals surface area contributed by atoms with Gasteiger partial charge in [-0.15, -0.1) is 0 Å². The van der Waals surface area contributed by atoms with Gasteiger partial charge in [0.25, 0.3) is 5.92 Å². The molecule has 9 heteroatoms. The maximum absolute atomic E-state index is 13.3. The summed E-state index contributed by atoms with van der Waals surface area (Å²) in [5.41, 5.74) is 2.18. The topological polar surface area (TPSA) is 74.8 Å².